The lowest BCUT2D eigenvalue weighted by Crippen LogP contribution is -2.22. The second kappa shape index (κ2) is 7.08. The topological polar surface area (TPSA) is 21.3 Å². The molecular weight excluding hydrogens is 322 g/mol. The molecule has 0 spiro atoms. The van der Waals surface area contributed by atoms with Crippen molar-refractivity contribution in [1.29, 1.82) is 0 Å². The number of nitrogens with one attached hydrogen (secondary N) is 1. The summed E-state index contributed by atoms with van der Waals surface area (Å²) in [6, 6.07) is 10.7. The molecule has 2 aromatic rings. The highest BCUT2D eigenvalue weighted by Gasteiger charge is 2.14. The third-order valence-corrected chi connectivity index (χ3v) is 4.98. The molecule has 0 aliphatic heterocycles. The van der Waals surface area contributed by atoms with Crippen molar-refractivity contribution < 1.29 is 4.74 Å². The number of likely N-dealkylation sites (N-methyl/N-ethyl adjacent to an activating group) is 1. The predicted molar refractivity (Wildman–Crippen MR) is 85.1 cm³/mol. The average molecular weight is 340 g/mol. The molecule has 102 valence electrons. The Labute approximate surface area is 126 Å². The van der Waals surface area contributed by atoms with E-state index in [2.05, 4.69) is 51.7 Å². The van der Waals surface area contributed by atoms with Gasteiger partial charge in [-0.3, -0.25) is 0 Å². The van der Waals surface area contributed by atoms with Crippen molar-refractivity contribution in [3.63, 3.8) is 0 Å². The van der Waals surface area contributed by atoms with E-state index in [4.69, 9.17) is 4.74 Å². The first-order valence-electron chi connectivity index (χ1n) is 6.33. The fraction of sp³-hybridized carbons (Fsp3) is 0.333. The normalized spacial score (nSPS) is 12.4. The van der Waals surface area contributed by atoms with Gasteiger partial charge in [0.1, 0.15) is 5.75 Å². The Morgan fingerprint density at radius 3 is 2.84 bits per heavy atom. The first-order chi connectivity index (χ1) is 9.24. The van der Waals surface area contributed by atoms with Crippen LogP contribution in [0, 0.1) is 0 Å². The van der Waals surface area contributed by atoms with Gasteiger partial charge in [-0.15, -0.1) is 11.3 Å². The molecule has 0 fully saturated rings. The Balaban J connectivity index is 2.21. The molecule has 2 nitrogen and oxygen atoms in total. The fourth-order valence-corrected chi connectivity index (χ4v) is 3.63. The van der Waals surface area contributed by atoms with Crippen molar-refractivity contribution in [3.8, 4) is 5.75 Å². The molecule has 0 amide bonds. The van der Waals surface area contributed by atoms with Gasteiger partial charge in [0.2, 0.25) is 0 Å². The number of halogens is 1. The summed E-state index contributed by atoms with van der Waals surface area (Å²) in [6.45, 7) is 3.08. The summed E-state index contributed by atoms with van der Waals surface area (Å²) >= 11 is 5.39. The van der Waals surface area contributed by atoms with Crippen LogP contribution in [-0.4, -0.2) is 13.7 Å². The predicted octanol–water partition coefficient (Wildman–Crippen LogP) is 4.41. The van der Waals surface area contributed by atoms with Crippen molar-refractivity contribution in [2.24, 2.45) is 0 Å². The summed E-state index contributed by atoms with van der Waals surface area (Å²) in [5.41, 5.74) is 1.27. The van der Waals surface area contributed by atoms with Gasteiger partial charge >= 0.3 is 0 Å². The molecule has 0 bridgehead atoms. The Morgan fingerprint density at radius 2 is 2.21 bits per heavy atom. The third-order valence-electron chi connectivity index (χ3n) is 3.03. The number of methoxy groups -OCH3 is 1. The van der Waals surface area contributed by atoms with Gasteiger partial charge in [0.05, 0.1) is 7.11 Å². The van der Waals surface area contributed by atoms with Crippen molar-refractivity contribution in [2.75, 3.05) is 13.7 Å². The summed E-state index contributed by atoms with van der Waals surface area (Å²) < 4.78 is 6.51. The lowest BCUT2D eigenvalue weighted by atomic mass is 10.0. The molecule has 0 aliphatic rings. The molecule has 1 N–H and O–H groups in total. The van der Waals surface area contributed by atoms with Crippen molar-refractivity contribution in [3.05, 3.63) is 50.6 Å². The van der Waals surface area contributed by atoms with Crippen molar-refractivity contribution in [2.45, 2.75) is 19.4 Å². The Morgan fingerprint density at radius 1 is 1.37 bits per heavy atom. The van der Waals surface area contributed by atoms with E-state index in [1.165, 1.54) is 14.9 Å². The summed E-state index contributed by atoms with van der Waals surface area (Å²) in [5.74, 6) is 0.908. The maximum Gasteiger partial charge on any atom is 0.119 e. The Hall–Kier alpha value is -0.840. The smallest absolute Gasteiger partial charge is 0.119 e. The number of hydrogen-bond acceptors (Lipinski definition) is 3. The molecule has 0 saturated heterocycles. The van der Waals surface area contributed by atoms with Gasteiger partial charge in [0.25, 0.3) is 0 Å². The van der Waals surface area contributed by atoms with Gasteiger partial charge < -0.3 is 10.1 Å². The standard InChI is InChI=1S/C15H18BrNOS/c1-3-17-14(10-15-13(16)7-8-19-15)11-5-4-6-12(9-11)18-2/h4-9,14,17H,3,10H2,1-2H3. The van der Waals surface area contributed by atoms with E-state index < -0.39 is 0 Å². The molecule has 1 heterocycles. The lowest BCUT2D eigenvalue weighted by Gasteiger charge is -2.18. The Kier molecular flexibility index (Phi) is 5.43. The summed E-state index contributed by atoms with van der Waals surface area (Å²) in [6.07, 6.45) is 0.985. The number of ether oxygens (including phenoxy) is 1. The molecule has 0 radical (unpaired) electrons. The zero-order valence-electron chi connectivity index (χ0n) is 11.2. The van der Waals surface area contributed by atoms with E-state index in [9.17, 15) is 0 Å². The molecule has 1 aromatic carbocycles. The maximum atomic E-state index is 5.31. The highest BCUT2D eigenvalue weighted by molar-refractivity contribution is 9.10. The molecule has 2 rings (SSSR count). The minimum Gasteiger partial charge on any atom is -0.497 e. The van der Waals surface area contributed by atoms with Crippen molar-refractivity contribution >= 4 is 27.3 Å². The zero-order chi connectivity index (χ0) is 13.7. The van der Waals surface area contributed by atoms with Crippen LogP contribution < -0.4 is 10.1 Å². The zero-order valence-corrected chi connectivity index (χ0v) is 13.6. The van der Waals surface area contributed by atoms with Crippen LogP contribution in [0.4, 0.5) is 0 Å². The van der Waals surface area contributed by atoms with E-state index >= 15 is 0 Å². The van der Waals surface area contributed by atoms with Gasteiger partial charge in [-0.25, -0.2) is 0 Å². The highest BCUT2D eigenvalue weighted by Crippen LogP contribution is 2.29. The van der Waals surface area contributed by atoms with Crippen LogP contribution >= 0.6 is 27.3 Å². The van der Waals surface area contributed by atoms with Gasteiger partial charge in [0.15, 0.2) is 0 Å². The molecule has 4 heteroatoms. The van der Waals surface area contributed by atoms with Gasteiger partial charge in [-0.05, 0) is 51.6 Å². The molecule has 1 aromatic heterocycles. The average Bonchev–Trinajstić information content (AvgIpc) is 2.84. The second-order valence-electron chi connectivity index (χ2n) is 4.28. The summed E-state index contributed by atoms with van der Waals surface area (Å²) in [7, 11) is 1.71. The summed E-state index contributed by atoms with van der Waals surface area (Å²) in [5, 5.41) is 5.67. The third kappa shape index (κ3) is 3.81. The fourth-order valence-electron chi connectivity index (χ4n) is 2.07. The molecule has 19 heavy (non-hydrogen) atoms. The number of rotatable bonds is 6. The minimum absolute atomic E-state index is 0.315. The first kappa shape index (κ1) is 14.6. The van der Waals surface area contributed by atoms with E-state index in [-0.39, 0.29) is 0 Å². The molecular formula is C15H18BrNOS. The van der Waals surface area contributed by atoms with Crippen LogP contribution in [0.3, 0.4) is 0 Å². The van der Waals surface area contributed by atoms with Crippen LogP contribution in [0.15, 0.2) is 40.2 Å². The Bertz CT molecular complexity index is 526. The SMILES string of the molecule is CCNC(Cc1sccc1Br)c1cccc(OC)c1. The van der Waals surface area contributed by atoms with Crippen LogP contribution in [0.5, 0.6) is 5.75 Å². The van der Waals surface area contributed by atoms with E-state index in [0.29, 0.717) is 6.04 Å². The van der Waals surface area contributed by atoms with E-state index in [1.807, 2.05) is 12.1 Å². The lowest BCUT2D eigenvalue weighted by molar-refractivity contribution is 0.413. The van der Waals surface area contributed by atoms with Crippen LogP contribution in [0.25, 0.3) is 0 Å². The minimum atomic E-state index is 0.315. The number of thiophene rings is 1. The van der Waals surface area contributed by atoms with Gasteiger partial charge in [-0.1, -0.05) is 19.1 Å². The van der Waals surface area contributed by atoms with Gasteiger partial charge in [-0.2, -0.15) is 0 Å². The second-order valence-corrected chi connectivity index (χ2v) is 6.14. The van der Waals surface area contributed by atoms with Crippen LogP contribution in [0.1, 0.15) is 23.4 Å². The highest BCUT2D eigenvalue weighted by atomic mass is 79.9. The number of benzene rings is 1. The van der Waals surface area contributed by atoms with E-state index in [0.717, 1.165) is 18.7 Å². The largest absolute Gasteiger partial charge is 0.497 e. The van der Waals surface area contributed by atoms with E-state index in [1.54, 1.807) is 18.4 Å². The van der Waals surface area contributed by atoms with Gasteiger partial charge in [0, 0.05) is 21.8 Å². The van der Waals surface area contributed by atoms with Crippen LogP contribution in [0.2, 0.25) is 0 Å². The number of hydrogen-bond donors (Lipinski definition) is 1. The molecule has 1 unspecified atom stereocenters. The van der Waals surface area contributed by atoms with Crippen molar-refractivity contribution in [1.82, 2.24) is 5.32 Å². The quantitative estimate of drug-likeness (QED) is 0.841. The summed E-state index contributed by atoms with van der Waals surface area (Å²) in [4.78, 5) is 1.37. The molecule has 0 saturated carbocycles. The molecule has 1 atom stereocenters. The molecule has 0 aliphatic carbocycles. The first-order valence-corrected chi connectivity index (χ1v) is 8.01. The monoisotopic (exact) mass is 339 g/mol. The maximum absolute atomic E-state index is 5.31. The van der Waals surface area contributed by atoms with Crippen LogP contribution in [-0.2, 0) is 6.42 Å².